The van der Waals surface area contributed by atoms with Gasteiger partial charge in [0.2, 0.25) is 0 Å². The van der Waals surface area contributed by atoms with E-state index in [1.54, 1.807) is 0 Å². The summed E-state index contributed by atoms with van der Waals surface area (Å²) < 4.78 is 17.7. The molecule has 1 aliphatic rings. The van der Waals surface area contributed by atoms with Crippen molar-refractivity contribution < 1.29 is 13.9 Å². The molecule has 0 aromatic carbocycles. The number of amides is 1. The Kier molecular flexibility index (Phi) is 11.6. The minimum Gasteiger partial charge on any atom is -0.440 e. The second-order valence-electron chi connectivity index (χ2n) is 6.53. The topological polar surface area (TPSA) is 38.3 Å². The monoisotopic (exact) mass is 327 g/mol. The quantitative estimate of drug-likeness (QED) is 0.329. The first-order chi connectivity index (χ1) is 11.3. The summed E-state index contributed by atoms with van der Waals surface area (Å²) in [5.41, 5.74) is 0. The molecule has 2 atom stereocenters. The predicted octanol–water partition coefficient (Wildman–Crippen LogP) is 5.69. The molecule has 134 valence electrons. The van der Waals surface area contributed by atoms with Gasteiger partial charge in [-0.1, -0.05) is 77.2 Å². The smallest absolute Gasteiger partial charge is 0.408 e. The zero-order chi connectivity index (χ0) is 16.8. The van der Waals surface area contributed by atoms with E-state index in [2.05, 4.69) is 12.2 Å². The molecule has 0 aromatic heterocycles. The first-order valence-electron chi connectivity index (χ1n) is 9.47. The summed E-state index contributed by atoms with van der Waals surface area (Å²) in [5, 5.41) is 2.46. The van der Waals surface area contributed by atoms with Crippen molar-refractivity contribution in [3.05, 3.63) is 12.2 Å². The molecule has 1 fully saturated rings. The lowest BCUT2D eigenvalue weighted by Crippen LogP contribution is -2.32. The highest BCUT2D eigenvalue weighted by atomic mass is 19.1. The van der Waals surface area contributed by atoms with Gasteiger partial charge in [-0.05, 0) is 18.9 Å². The third kappa shape index (κ3) is 9.62. The summed E-state index contributed by atoms with van der Waals surface area (Å²) in [6.07, 6.45) is 18.5. The lowest BCUT2D eigenvalue weighted by molar-refractivity contribution is 0.150. The van der Waals surface area contributed by atoms with Crippen molar-refractivity contribution in [3.63, 3.8) is 0 Å². The Balaban J connectivity index is 1.88. The molecule has 2 unspecified atom stereocenters. The van der Waals surface area contributed by atoms with Crippen molar-refractivity contribution in [2.45, 2.75) is 96.1 Å². The molecule has 1 amide bonds. The van der Waals surface area contributed by atoms with Crippen LogP contribution >= 0.6 is 0 Å². The Morgan fingerprint density at radius 1 is 1.00 bits per heavy atom. The molecule has 0 aromatic rings. The molecule has 0 aliphatic carbocycles. The van der Waals surface area contributed by atoms with Crippen molar-refractivity contribution in [1.82, 2.24) is 5.32 Å². The van der Waals surface area contributed by atoms with Gasteiger partial charge in [0.15, 0.2) is 0 Å². The number of allylic oxidation sites excluding steroid dienone is 1. The second kappa shape index (κ2) is 13.4. The second-order valence-corrected chi connectivity index (χ2v) is 6.53. The van der Waals surface area contributed by atoms with Crippen LogP contribution in [0.3, 0.4) is 0 Å². The average molecular weight is 327 g/mol. The molecule has 4 heteroatoms. The predicted molar refractivity (Wildman–Crippen MR) is 93.4 cm³/mol. The highest BCUT2D eigenvalue weighted by Crippen LogP contribution is 2.14. The van der Waals surface area contributed by atoms with Crippen LogP contribution in [-0.2, 0) is 4.74 Å². The summed E-state index contributed by atoms with van der Waals surface area (Å²) >= 11 is 0. The normalized spacial score (nSPS) is 20.9. The van der Waals surface area contributed by atoms with Gasteiger partial charge in [0, 0.05) is 0 Å². The number of unbranched alkanes of at least 4 members (excludes halogenated alkanes) is 11. The van der Waals surface area contributed by atoms with Crippen molar-refractivity contribution in [3.8, 4) is 0 Å². The highest BCUT2D eigenvalue weighted by molar-refractivity contribution is 5.70. The number of hydrogen-bond donors (Lipinski definition) is 1. The zero-order valence-corrected chi connectivity index (χ0v) is 14.7. The van der Waals surface area contributed by atoms with E-state index < -0.39 is 24.9 Å². The fraction of sp³-hybridized carbons (Fsp3) is 0.842. The van der Waals surface area contributed by atoms with Crippen LogP contribution in [0.15, 0.2) is 12.2 Å². The lowest BCUT2D eigenvalue weighted by atomic mass is 10.0. The first-order valence-corrected chi connectivity index (χ1v) is 9.47. The molecular formula is C19H34FNO2. The Bertz CT molecular complexity index is 333. The number of alkyl carbamates (subject to hydrolysis) is 1. The number of halogens is 1. The number of rotatable bonds is 14. The summed E-state index contributed by atoms with van der Waals surface area (Å²) in [6.45, 7) is 1.67. The number of alkyl halides is 1. The average Bonchev–Trinajstić information content (AvgIpc) is 2.91. The third-order valence-corrected chi connectivity index (χ3v) is 4.41. The van der Waals surface area contributed by atoms with Crippen molar-refractivity contribution in [2.75, 3.05) is 6.67 Å². The maximum Gasteiger partial charge on any atom is 0.408 e. The zero-order valence-electron chi connectivity index (χ0n) is 14.7. The number of cyclic esters (lactones) is 1. The fourth-order valence-electron chi connectivity index (χ4n) is 2.93. The van der Waals surface area contributed by atoms with Gasteiger partial charge in [-0.25, -0.2) is 9.18 Å². The molecule has 1 saturated heterocycles. The lowest BCUT2D eigenvalue weighted by Gasteiger charge is -2.08. The fourth-order valence-corrected chi connectivity index (χ4v) is 2.93. The van der Waals surface area contributed by atoms with E-state index >= 15 is 0 Å². The van der Waals surface area contributed by atoms with Crippen LogP contribution in [0.4, 0.5) is 9.18 Å². The van der Waals surface area contributed by atoms with Gasteiger partial charge in [-0.15, -0.1) is 0 Å². The van der Waals surface area contributed by atoms with Crippen molar-refractivity contribution in [2.24, 2.45) is 0 Å². The molecule has 1 heterocycles. The summed E-state index contributed by atoms with van der Waals surface area (Å²) in [4.78, 5) is 11.0. The number of carbonyl (C=O) groups excluding carboxylic acids is 1. The Hall–Kier alpha value is -1.06. The van der Waals surface area contributed by atoms with Gasteiger partial charge in [0.25, 0.3) is 0 Å². The maximum absolute atomic E-state index is 12.7. The van der Waals surface area contributed by atoms with E-state index in [1.807, 2.05) is 12.2 Å². The number of ether oxygens (including phenoxy) is 1. The van der Waals surface area contributed by atoms with Crippen LogP contribution in [0.1, 0.15) is 84.0 Å². The minimum absolute atomic E-state index is 0.444. The molecule has 0 radical (unpaired) electrons. The molecule has 1 N–H and O–H groups in total. The minimum atomic E-state index is -0.584. The van der Waals surface area contributed by atoms with Crippen molar-refractivity contribution >= 4 is 6.09 Å². The number of carbonyl (C=O) groups is 1. The van der Waals surface area contributed by atoms with Gasteiger partial charge < -0.3 is 10.1 Å². The molecular weight excluding hydrogens is 293 g/mol. The first kappa shape index (κ1) is 20.0. The molecule has 23 heavy (non-hydrogen) atoms. The van der Waals surface area contributed by atoms with Crippen molar-refractivity contribution in [1.29, 1.82) is 0 Å². The standard InChI is InChI=1S/C19H34FNO2/c1-2-3-4-5-6-7-8-9-10-11-12-13-14-15-18-17(16-20)21-19(22)23-18/h14-15,17-18H,2-13,16H2,1H3,(H,21,22)/b15-14+. The molecule has 3 nitrogen and oxygen atoms in total. The highest BCUT2D eigenvalue weighted by Gasteiger charge is 2.31. The Labute approximate surface area is 141 Å². The number of nitrogens with one attached hydrogen (secondary N) is 1. The van der Waals surface area contributed by atoms with E-state index in [-0.39, 0.29) is 0 Å². The van der Waals surface area contributed by atoms with Gasteiger partial charge in [0.05, 0.1) is 0 Å². The van der Waals surface area contributed by atoms with Crippen LogP contribution in [0.25, 0.3) is 0 Å². The van der Waals surface area contributed by atoms with Gasteiger partial charge in [-0.3, -0.25) is 0 Å². The summed E-state index contributed by atoms with van der Waals surface area (Å²) in [5.74, 6) is 0. The Morgan fingerprint density at radius 2 is 1.57 bits per heavy atom. The van der Waals surface area contributed by atoms with E-state index in [4.69, 9.17) is 4.74 Å². The summed E-state index contributed by atoms with van der Waals surface area (Å²) in [7, 11) is 0. The molecule has 1 rings (SSSR count). The summed E-state index contributed by atoms with van der Waals surface area (Å²) in [6, 6.07) is -0.518. The van der Waals surface area contributed by atoms with E-state index in [0.717, 1.165) is 12.8 Å². The molecule has 0 spiro atoms. The van der Waals surface area contributed by atoms with Crippen LogP contribution < -0.4 is 5.32 Å². The van der Waals surface area contributed by atoms with Crippen LogP contribution in [0.5, 0.6) is 0 Å². The van der Waals surface area contributed by atoms with Gasteiger partial charge >= 0.3 is 6.09 Å². The molecule has 0 bridgehead atoms. The van der Waals surface area contributed by atoms with E-state index in [1.165, 1.54) is 64.2 Å². The van der Waals surface area contributed by atoms with Crippen LogP contribution in [0, 0.1) is 0 Å². The van der Waals surface area contributed by atoms with E-state index in [9.17, 15) is 9.18 Å². The van der Waals surface area contributed by atoms with Gasteiger partial charge in [0.1, 0.15) is 18.8 Å². The third-order valence-electron chi connectivity index (χ3n) is 4.41. The largest absolute Gasteiger partial charge is 0.440 e. The van der Waals surface area contributed by atoms with Crippen LogP contribution in [-0.4, -0.2) is 24.9 Å². The number of hydrogen-bond acceptors (Lipinski definition) is 2. The van der Waals surface area contributed by atoms with E-state index in [0.29, 0.717) is 0 Å². The molecule has 0 saturated carbocycles. The Morgan fingerprint density at radius 3 is 2.13 bits per heavy atom. The van der Waals surface area contributed by atoms with Gasteiger partial charge in [-0.2, -0.15) is 0 Å². The SMILES string of the molecule is CCCCCCCCCCCCC/C=C/C1OC(=O)NC1CF. The molecule has 1 aliphatic heterocycles. The van der Waals surface area contributed by atoms with Crippen LogP contribution in [0.2, 0.25) is 0 Å². The maximum atomic E-state index is 12.7.